The summed E-state index contributed by atoms with van der Waals surface area (Å²) in [4.78, 5) is 2.45. The Balaban J connectivity index is 1.67. The van der Waals surface area contributed by atoms with Gasteiger partial charge in [0.25, 0.3) is 0 Å². The second-order valence-electron chi connectivity index (χ2n) is 9.36. The molecule has 0 atom stereocenters. The first kappa shape index (κ1) is 23.2. The normalized spacial score (nSPS) is 16.4. The first-order valence-corrected chi connectivity index (χ1v) is 13.9. The number of ether oxygens (including phenoxy) is 2. The van der Waals surface area contributed by atoms with Gasteiger partial charge >= 0.3 is 0 Å². The Morgan fingerprint density at radius 2 is 1.64 bits per heavy atom. The summed E-state index contributed by atoms with van der Waals surface area (Å²) in [5.41, 5.74) is 1.28. The van der Waals surface area contributed by atoms with E-state index in [1.807, 2.05) is 0 Å². The monoisotopic (exact) mass is 407 g/mol. The van der Waals surface area contributed by atoms with Gasteiger partial charge in [0.2, 0.25) is 0 Å². The summed E-state index contributed by atoms with van der Waals surface area (Å²) < 4.78 is 18.1. The highest BCUT2D eigenvalue weighted by Gasteiger charge is 2.36. The molecule has 1 aliphatic heterocycles. The van der Waals surface area contributed by atoms with Crippen LogP contribution in [0.1, 0.15) is 53.4 Å². The maximum absolute atomic E-state index is 6.21. The van der Waals surface area contributed by atoms with E-state index in [-0.39, 0.29) is 5.04 Å². The molecule has 1 aromatic rings. The van der Waals surface area contributed by atoms with Crippen molar-refractivity contribution < 1.29 is 13.9 Å². The van der Waals surface area contributed by atoms with Gasteiger partial charge in [0.05, 0.1) is 25.9 Å². The minimum atomic E-state index is -1.66. The quantitative estimate of drug-likeness (QED) is 0.358. The van der Waals surface area contributed by atoms with Gasteiger partial charge in [-0.3, -0.25) is 0 Å². The standard InChI is InChI=1S/C23H41NO3Si/c1-7-8-17-25-21-11-9-20(10-12-21)24-15-13-22(14-16-24)26-18-19-27-28(5,6)23(2,3)4/h9-12,22H,7-8,13-19H2,1-6H3. The Morgan fingerprint density at radius 1 is 1.00 bits per heavy atom. The van der Waals surface area contributed by atoms with Crippen LogP contribution < -0.4 is 9.64 Å². The van der Waals surface area contributed by atoms with Gasteiger partial charge in [0.15, 0.2) is 8.32 Å². The third kappa shape index (κ3) is 7.09. The molecule has 4 nitrogen and oxygen atoms in total. The molecule has 0 unspecified atom stereocenters. The van der Waals surface area contributed by atoms with Crippen molar-refractivity contribution in [2.75, 3.05) is 37.8 Å². The Labute approximate surface area is 173 Å². The molecule has 160 valence electrons. The van der Waals surface area contributed by atoms with Crippen molar-refractivity contribution in [1.29, 1.82) is 0 Å². The molecule has 1 aliphatic rings. The van der Waals surface area contributed by atoms with Crippen molar-refractivity contribution in [1.82, 2.24) is 0 Å². The van der Waals surface area contributed by atoms with Crippen LogP contribution in [-0.4, -0.2) is 47.3 Å². The molecule has 1 heterocycles. The van der Waals surface area contributed by atoms with E-state index in [0.29, 0.717) is 12.7 Å². The zero-order chi connectivity index (χ0) is 20.6. The van der Waals surface area contributed by atoms with Gasteiger partial charge in [-0.25, -0.2) is 0 Å². The molecule has 0 spiro atoms. The van der Waals surface area contributed by atoms with Crippen molar-refractivity contribution >= 4 is 14.0 Å². The van der Waals surface area contributed by atoms with Crippen LogP contribution in [0.25, 0.3) is 0 Å². The molecule has 1 aromatic carbocycles. The lowest BCUT2D eigenvalue weighted by molar-refractivity contribution is 0.0180. The van der Waals surface area contributed by atoms with Crippen LogP contribution in [0.4, 0.5) is 5.69 Å². The van der Waals surface area contributed by atoms with Crippen LogP contribution in [0.5, 0.6) is 5.75 Å². The largest absolute Gasteiger partial charge is 0.494 e. The lowest BCUT2D eigenvalue weighted by atomic mass is 10.1. The summed E-state index contributed by atoms with van der Waals surface area (Å²) in [5, 5.41) is 0.259. The summed E-state index contributed by atoms with van der Waals surface area (Å²) in [7, 11) is -1.66. The van der Waals surface area contributed by atoms with Crippen LogP contribution in [0.15, 0.2) is 24.3 Å². The van der Waals surface area contributed by atoms with E-state index in [0.717, 1.165) is 57.7 Å². The lowest BCUT2D eigenvalue weighted by Crippen LogP contribution is -2.42. The number of benzene rings is 1. The second kappa shape index (κ2) is 10.7. The highest BCUT2D eigenvalue weighted by Crippen LogP contribution is 2.36. The summed E-state index contributed by atoms with van der Waals surface area (Å²) in [6.45, 7) is 17.9. The van der Waals surface area contributed by atoms with E-state index in [4.69, 9.17) is 13.9 Å². The van der Waals surface area contributed by atoms with E-state index >= 15 is 0 Å². The Morgan fingerprint density at radius 3 is 2.21 bits per heavy atom. The van der Waals surface area contributed by atoms with Crippen LogP contribution in [0.2, 0.25) is 18.1 Å². The Kier molecular flexibility index (Phi) is 8.84. The van der Waals surface area contributed by atoms with E-state index in [9.17, 15) is 0 Å². The number of piperidine rings is 1. The van der Waals surface area contributed by atoms with Crippen LogP contribution in [0.3, 0.4) is 0 Å². The fraction of sp³-hybridized carbons (Fsp3) is 0.739. The Hall–Kier alpha value is -1.04. The number of anilines is 1. The van der Waals surface area contributed by atoms with Crippen LogP contribution >= 0.6 is 0 Å². The highest BCUT2D eigenvalue weighted by atomic mass is 28.4. The molecule has 1 saturated heterocycles. The first-order chi connectivity index (χ1) is 13.2. The summed E-state index contributed by atoms with van der Waals surface area (Å²) in [6, 6.07) is 8.53. The van der Waals surface area contributed by atoms with Crippen molar-refractivity contribution in [3.63, 3.8) is 0 Å². The number of rotatable bonds is 10. The molecule has 0 saturated carbocycles. The number of unbranched alkanes of at least 4 members (excludes halogenated alkanes) is 1. The van der Waals surface area contributed by atoms with Gasteiger partial charge < -0.3 is 18.8 Å². The molecule has 0 amide bonds. The molecule has 28 heavy (non-hydrogen) atoms. The van der Waals surface area contributed by atoms with Crippen molar-refractivity contribution in [3.05, 3.63) is 24.3 Å². The van der Waals surface area contributed by atoms with E-state index in [1.165, 1.54) is 5.69 Å². The summed E-state index contributed by atoms with van der Waals surface area (Å²) >= 11 is 0. The fourth-order valence-electron chi connectivity index (χ4n) is 3.10. The number of hydrogen-bond donors (Lipinski definition) is 0. The number of nitrogens with zero attached hydrogens (tertiary/aromatic N) is 1. The predicted octanol–water partition coefficient (Wildman–Crippen LogP) is 5.87. The molecule has 0 bridgehead atoms. The maximum Gasteiger partial charge on any atom is 0.192 e. The van der Waals surface area contributed by atoms with E-state index < -0.39 is 8.32 Å². The SMILES string of the molecule is CCCCOc1ccc(N2CCC(OCCO[Si](C)(C)C(C)(C)C)CC2)cc1. The molecular weight excluding hydrogens is 366 g/mol. The minimum absolute atomic E-state index is 0.259. The molecule has 0 N–H and O–H groups in total. The predicted molar refractivity (Wildman–Crippen MR) is 121 cm³/mol. The lowest BCUT2D eigenvalue weighted by Gasteiger charge is -2.36. The fourth-order valence-corrected chi connectivity index (χ4v) is 4.12. The van der Waals surface area contributed by atoms with Crippen molar-refractivity contribution in [3.8, 4) is 5.75 Å². The zero-order valence-electron chi connectivity index (χ0n) is 18.9. The van der Waals surface area contributed by atoms with Crippen molar-refractivity contribution in [2.45, 2.75) is 77.6 Å². The smallest absolute Gasteiger partial charge is 0.192 e. The van der Waals surface area contributed by atoms with Gasteiger partial charge in [-0.1, -0.05) is 34.1 Å². The summed E-state index contributed by atoms with van der Waals surface area (Å²) in [5.74, 6) is 0.970. The van der Waals surface area contributed by atoms with Gasteiger partial charge in [-0.15, -0.1) is 0 Å². The topological polar surface area (TPSA) is 30.9 Å². The Bertz CT molecular complexity index is 560. The number of hydrogen-bond acceptors (Lipinski definition) is 4. The summed E-state index contributed by atoms with van der Waals surface area (Å²) in [6.07, 6.45) is 4.79. The third-order valence-electron chi connectivity index (χ3n) is 6.12. The molecule has 0 aromatic heterocycles. The molecule has 1 fully saturated rings. The second-order valence-corrected chi connectivity index (χ2v) is 14.2. The average molecular weight is 408 g/mol. The molecule has 2 rings (SSSR count). The molecule has 0 radical (unpaired) electrons. The van der Waals surface area contributed by atoms with Gasteiger partial charge in [0.1, 0.15) is 5.75 Å². The van der Waals surface area contributed by atoms with Gasteiger partial charge in [-0.2, -0.15) is 0 Å². The molecular formula is C23H41NO3Si. The minimum Gasteiger partial charge on any atom is -0.494 e. The average Bonchev–Trinajstić information content (AvgIpc) is 2.66. The van der Waals surface area contributed by atoms with Gasteiger partial charge in [-0.05, 0) is 61.7 Å². The van der Waals surface area contributed by atoms with Crippen molar-refractivity contribution in [2.24, 2.45) is 0 Å². The molecule has 0 aliphatic carbocycles. The van der Waals surface area contributed by atoms with Crippen LogP contribution in [0, 0.1) is 0 Å². The van der Waals surface area contributed by atoms with E-state index in [1.54, 1.807) is 0 Å². The van der Waals surface area contributed by atoms with Crippen LogP contribution in [-0.2, 0) is 9.16 Å². The highest BCUT2D eigenvalue weighted by molar-refractivity contribution is 6.74. The first-order valence-electron chi connectivity index (χ1n) is 11.0. The van der Waals surface area contributed by atoms with E-state index in [2.05, 4.69) is 70.0 Å². The molecule has 5 heteroatoms. The maximum atomic E-state index is 6.21. The zero-order valence-corrected chi connectivity index (χ0v) is 19.9. The van der Waals surface area contributed by atoms with Gasteiger partial charge in [0, 0.05) is 18.8 Å². The third-order valence-corrected chi connectivity index (χ3v) is 10.7.